The number of nitrogens with zero attached hydrogens (tertiary/aromatic N) is 3. The van der Waals surface area contributed by atoms with Crippen LogP contribution in [0, 0.1) is 5.82 Å². The highest BCUT2D eigenvalue weighted by atomic mass is 35.7. The fourth-order valence-corrected chi connectivity index (χ4v) is 2.20. The van der Waals surface area contributed by atoms with Gasteiger partial charge < -0.3 is 0 Å². The molecule has 1 saturated heterocycles. The zero-order valence-corrected chi connectivity index (χ0v) is 11.4. The maximum atomic E-state index is 13.7. The molecule has 19 heavy (non-hydrogen) atoms. The second-order valence-corrected chi connectivity index (χ2v) is 4.34. The van der Waals surface area contributed by atoms with Gasteiger partial charge in [0, 0.05) is 6.54 Å². The van der Waals surface area contributed by atoms with Crippen LogP contribution in [0.2, 0.25) is 0 Å². The monoisotopic (exact) mass is 301 g/mol. The Hall–Kier alpha value is -1.60. The van der Waals surface area contributed by atoms with Crippen LogP contribution in [-0.2, 0) is 4.79 Å². The van der Waals surface area contributed by atoms with Crippen LogP contribution in [0.5, 0.6) is 0 Å². The summed E-state index contributed by atoms with van der Waals surface area (Å²) in [5.74, 6) is -1.44. The SMILES string of the molecule is CCN1C(=O)N(c2ccccc2F)C(=O)C1=NSCl. The number of carbonyl (C=O) groups excluding carboxylic acids is 2. The molecule has 1 aliphatic rings. The zero-order valence-electron chi connectivity index (χ0n) is 9.84. The first-order valence-corrected chi connectivity index (χ1v) is 6.98. The molecule has 0 unspecified atom stereocenters. The van der Waals surface area contributed by atoms with Crippen molar-refractivity contribution in [1.29, 1.82) is 0 Å². The van der Waals surface area contributed by atoms with Crippen LogP contribution in [0.15, 0.2) is 28.7 Å². The molecule has 1 heterocycles. The summed E-state index contributed by atoms with van der Waals surface area (Å²) in [6, 6.07) is 4.92. The minimum Gasteiger partial charge on any atom is -0.273 e. The van der Waals surface area contributed by atoms with Gasteiger partial charge in [0.2, 0.25) is 5.84 Å². The van der Waals surface area contributed by atoms with Gasteiger partial charge in [-0.15, -0.1) is 0 Å². The number of amidine groups is 1. The fraction of sp³-hybridized carbons (Fsp3) is 0.182. The number of anilines is 1. The van der Waals surface area contributed by atoms with Crippen molar-refractivity contribution >= 4 is 45.3 Å². The number of urea groups is 1. The molecule has 0 saturated carbocycles. The molecule has 1 aromatic rings. The fourth-order valence-electron chi connectivity index (χ4n) is 1.77. The molecule has 3 amide bonds. The summed E-state index contributed by atoms with van der Waals surface area (Å²) in [6.45, 7) is 1.93. The minimum atomic E-state index is -0.690. The van der Waals surface area contributed by atoms with Gasteiger partial charge in [-0.05, 0) is 29.7 Å². The van der Waals surface area contributed by atoms with Gasteiger partial charge in [0.1, 0.15) is 5.82 Å². The predicted molar refractivity (Wildman–Crippen MR) is 72.5 cm³/mol. The van der Waals surface area contributed by atoms with Gasteiger partial charge in [0.25, 0.3) is 0 Å². The lowest BCUT2D eigenvalue weighted by molar-refractivity contribution is -0.111. The Morgan fingerprint density at radius 3 is 2.63 bits per heavy atom. The molecule has 1 aromatic carbocycles. The van der Waals surface area contributed by atoms with E-state index in [0.29, 0.717) is 11.2 Å². The van der Waals surface area contributed by atoms with Crippen LogP contribution in [0.4, 0.5) is 14.9 Å². The van der Waals surface area contributed by atoms with E-state index in [4.69, 9.17) is 10.7 Å². The number of benzene rings is 1. The summed E-state index contributed by atoms with van der Waals surface area (Å²) >= 11 is 0.550. The minimum absolute atomic E-state index is 0.0966. The first kappa shape index (κ1) is 13.8. The van der Waals surface area contributed by atoms with Crippen LogP contribution in [-0.4, -0.2) is 29.2 Å². The molecule has 0 bridgehead atoms. The summed E-state index contributed by atoms with van der Waals surface area (Å²) in [5.41, 5.74) is -0.0966. The molecule has 2 rings (SSSR count). The lowest BCUT2D eigenvalue weighted by atomic mass is 10.3. The van der Waals surface area contributed by atoms with E-state index in [-0.39, 0.29) is 18.1 Å². The number of amides is 3. The Morgan fingerprint density at radius 1 is 1.37 bits per heavy atom. The zero-order chi connectivity index (χ0) is 14.0. The summed E-state index contributed by atoms with van der Waals surface area (Å²) in [6.07, 6.45) is 0. The third-order valence-electron chi connectivity index (χ3n) is 2.60. The predicted octanol–water partition coefficient (Wildman–Crippen LogP) is 2.81. The summed E-state index contributed by atoms with van der Waals surface area (Å²) in [5, 5.41) is 0. The van der Waals surface area contributed by atoms with E-state index in [1.807, 2.05) is 0 Å². The summed E-state index contributed by atoms with van der Waals surface area (Å²) in [4.78, 5) is 26.1. The Bertz CT molecular complexity index is 567. The van der Waals surface area contributed by atoms with E-state index < -0.39 is 17.8 Å². The molecule has 0 N–H and O–H groups in total. The van der Waals surface area contributed by atoms with Crippen molar-refractivity contribution in [3.8, 4) is 0 Å². The van der Waals surface area contributed by atoms with E-state index in [1.54, 1.807) is 13.0 Å². The highest BCUT2D eigenvalue weighted by Crippen LogP contribution is 2.26. The van der Waals surface area contributed by atoms with Crippen molar-refractivity contribution in [3.05, 3.63) is 30.1 Å². The maximum Gasteiger partial charge on any atom is 0.337 e. The van der Waals surface area contributed by atoms with Gasteiger partial charge in [-0.1, -0.05) is 12.1 Å². The van der Waals surface area contributed by atoms with Gasteiger partial charge in [0.05, 0.1) is 16.8 Å². The standard InChI is InChI=1S/C11H9ClFN3O2S/c1-2-15-9(14-19-12)10(17)16(11(15)18)8-6-4-3-5-7(8)13/h3-6H,2H2,1H3. The molecule has 1 aliphatic heterocycles. The molecule has 1 fully saturated rings. The molecule has 0 aliphatic carbocycles. The van der Waals surface area contributed by atoms with Gasteiger partial charge in [-0.25, -0.2) is 14.1 Å². The van der Waals surface area contributed by atoms with Crippen LogP contribution in [0.3, 0.4) is 0 Å². The van der Waals surface area contributed by atoms with Gasteiger partial charge >= 0.3 is 11.9 Å². The van der Waals surface area contributed by atoms with Crippen LogP contribution in [0.1, 0.15) is 6.92 Å². The topological polar surface area (TPSA) is 53.0 Å². The molecule has 100 valence electrons. The number of hydrogen-bond donors (Lipinski definition) is 0. The van der Waals surface area contributed by atoms with E-state index >= 15 is 0 Å². The quantitative estimate of drug-likeness (QED) is 0.637. The number of hydrogen-bond acceptors (Lipinski definition) is 4. The Kier molecular flexibility index (Phi) is 4.06. The van der Waals surface area contributed by atoms with Gasteiger partial charge in [-0.2, -0.15) is 4.40 Å². The van der Waals surface area contributed by atoms with Crippen molar-refractivity contribution in [3.63, 3.8) is 0 Å². The number of para-hydroxylation sites is 1. The van der Waals surface area contributed by atoms with Crippen LogP contribution in [0.25, 0.3) is 0 Å². The first-order valence-electron chi connectivity index (χ1n) is 5.38. The highest BCUT2D eigenvalue weighted by Gasteiger charge is 2.43. The number of imide groups is 1. The molecule has 0 spiro atoms. The van der Waals surface area contributed by atoms with Crippen molar-refractivity contribution in [2.75, 3.05) is 11.4 Å². The second kappa shape index (κ2) is 5.58. The van der Waals surface area contributed by atoms with Crippen molar-refractivity contribution in [2.45, 2.75) is 6.92 Å². The second-order valence-electron chi connectivity index (χ2n) is 3.60. The Labute approximate surface area is 117 Å². The molecule has 0 aromatic heterocycles. The van der Waals surface area contributed by atoms with E-state index in [2.05, 4.69) is 4.40 Å². The van der Waals surface area contributed by atoms with Crippen molar-refractivity contribution < 1.29 is 14.0 Å². The third-order valence-corrected chi connectivity index (χ3v) is 3.05. The molecular formula is C11H9ClFN3O2S. The number of rotatable bonds is 3. The van der Waals surface area contributed by atoms with Gasteiger partial charge in [-0.3, -0.25) is 9.69 Å². The average Bonchev–Trinajstić information content (AvgIpc) is 2.63. The normalized spacial score (nSPS) is 17.7. The molecule has 5 nitrogen and oxygen atoms in total. The lowest BCUT2D eigenvalue weighted by Gasteiger charge is -2.14. The van der Waals surface area contributed by atoms with Crippen molar-refractivity contribution in [2.24, 2.45) is 4.40 Å². The van der Waals surface area contributed by atoms with E-state index in [1.165, 1.54) is 18.2 Å². The summed E-state index contributed by atoms with van der Waals surface area (Å²) in [7, 11) is 5.39. The number of likely N-dealkylation sites (N-methyl/N-ethyl adjacent to an activating group) is 1. The van der Waals surface area contributed by atoms with E-state index in [9.17, 15) is 14.0 Å². The number of carbonyl (C=O) groups is 2. The third kappa shape index (κ3) is 2.31. The van der Waals surface area contributed by atoms with E-state index in [0.717, 1.165) is 9.80 Å². The Morgan fingerprint density at radius 2 is 2.05 bits per heavy atom. The molecule has 0 atom stereocenters. The smallest absolute Gasteiger partial charge is 0.273 e. The number of halogens is 2. The lowest BCUT2D eigenvalue weighted by Crippen LogP contribution is -2.33. The van der Waals surface area contributed by atoms with Gasteiger partial charge in [0.15, 0.2) is 0 Å². The molecular weight excluding hydrogens is 293 g/mol. The largest absolute Gasteiger partial charge is 0.337 e. The van der Waals surface area contributed by atoms with Crippen molar-refractivity contribution in [1.82, 2.24) is 4.90 Å². The first-order chi connectivity index (χ1) is 9.11. The average molecular weight is 302 g/mol. The summed E-state index contributed by atoms with van der Waals surface area (Å²) < 4.78 is 17.4. The molecule has 0 radical (unpaired) electrons. The molecule has 8 heteroatoms. The van der Waals surface area contributed by atoms with Crippen LogP contribution >= 0.6 is 21.8 Å². The highest BCUT2D eigenvalue weighted by molar-refractivity contribution is 8.20. The maximum absolute atomic E-state index is 13.7. The Balaban J connectivity index is 2.49. The van der Waals surface area contributed by atoms with Crippen LogP contribution < -0.4 is 4.90 Å².